The van der Waals surface area contributed by atoms with E-state index in [1.54, 1.807) is 62.6 Å². The highest BCUT2D eigenvalue weighted by molar-refractivity contribution is 8.03. The van der Waals surface area contributed by atoms with Crippen molar-refractivity contribution >= 4 is 35.0 Å². The number of ether oxygens (including phenoxy) is 1. The molecule has 1 aliphatic rings. The van der Waals surface area contributed by atoms with Gasteiger partial charge in [0.05, 0.1) is 47.3 Å². The lowest BCUT2D eigenvalue weighted by Crippen LogP contribution is -2.31. The van der Waals surface area contributed by atoms with Gasteiger partial charge in [0.2, 0.25) is 5.91 Å². The van der Waals surface area contributed by atoms with Gasteiger partial charge in [0.1, 0.15) is 11.5 Å². The number of nitrogens with one attached hydrogen (secondary N) is 3. The van der Waals surface area contributed by atoms with E-state index in [0.29, 0.717) is 44.8 Å². The molecule has 1 aromatic heterocycles. The predicted molar refractivity (Wildman–Crippen MR) is 139 cm³/mol. The maximum atomic E-state index is 13.3. The van der Waals surface area contributed by atoms with Crippen molar-refractivity contribution < 1.29 is 18.7 Å². The number of carbonyl (C=O) groups is 2. The summed E-state index contributed by atoms with van der Waals surface area (Å²) in [5, 5.41) is 19.5. The fourth-order valence-corrected chi connectivity index (χ4v) is 4.69. The van der Waals surface area contributed by atoms with Crippen molar-refractivity contribution in [2.24, 2.45) is 0 Å². The minimum absolute atomic E-state index is 0.0588. The largest absolute Gasteiger partial charge is 0.497 e. The van der Waals surface area contributed by atoms with E-state index >= 15 is 0 Å². The first kappa shape index (κ1) is 24.7. The molecule has 0 spiro atoms. The Hall–Kier alpha value is -4.42. The summed E-state index contributed by atoms with van der Waals surface area (Å²) in [6, 6.07) is 21.8. The van der Waals surface area contributed by atoms with Gasteiger partial charge in [-0.3, -0.25) is 9.59 Å². The van der Waals surface area contributed by atoms with Crippen LogP contribution in [0, 0.1) is 11.3 Å². The number of carbonyl (C=O) groups excluding carboxylic acids is 2. The van der Waals surface area contributed by atoms with Crippen LogP contribution in [0.1, 0.15) is 18.6 Å². The Morgan fingerprint density at radius 3 is 2.42 bits per heavy atom. The topological polar surface area (TPSA) is 116 Å². The third-order valence-corrected chi connectivity index (χ3v) is 6.49. The first-order valence-corrected chi connectivity index (χ1v) is 12.1. The molecule has 0 bridgehead atoms. The number of hydrogen-bond donors (Lipinski definition) is 3. The van der Waals surface area contributed by atoms with E-state index in [1.165, 1.54) is 18.0 Å². The number of allylic oxidation sites excluding steroid dienone is 2. The molecule has 8 nitrogen and oxygen atoms in total. The molecule has 0 saturated heterocycles. The lowest BCUT2D eigenvalue weighted by Gasteiger charge is -2.28. The van der Waals surface area contributed by atoms with E-state index in [-0.39, 0.29) is 17.6 Å². The second-order valence-electron chi connectivity index (χ2n) is 7.85. The van der Waals surface area contributed by atoms with Crippen LogP contribution in [0.3, 0.4) is 0 Å². The van der Waals surface area contributed by atoms with Crippen LogP contribution in [-0.4, -0.2) is 24.7 Å². The van der Waals surface area contributed by atoms with Crippen LogP contribution in [-0.2, 0) is 9.59 Å². The fraction of sp³-hybridized carbons (Fsp3) is 0.148. The molecule has 36 heavy (non-hydrogen) atoms. The van der Waals surface area contributed by atoms with Crippen molar-refractivity contribution in [3.63, 3.8) is 0 Å². The van der Waals surface area contributed by atoms with Crippen LogP contribution in [0.5, 0.6) is 5.75 Å². The first-order chi connectivity index (χ1) is 17.5. The molecule has 0 aliphatic carbocycles. The van der Waals surface area contributed by atoms with Gasteiger partial charge in [-0.05, 0) is 55.5 Å². The molecule has 0 saturated carbocycles. The Kier molecular flexibility index (Phi) is 7.78. The van der Waals surface area contributed by atoms with Crippen LogP contribution in [0.2, 0.25) is 0 Å². The van der Waals surface area contributed by atoms with E-state index < -0.39 is 5.92 Å². The number of anilines is 2. The molecule has 9 heteroatoms. The molecule has 2 amide bonds. The summed E-state index contributed by atoms with van der Waals surface area (Å²) in [7, 11) is 1.57. The van der Waals surface area contributed by atoms with Crippen molar-refractivity contribution in [3.8, 4) is 11.8 Å². The summed E-state index contributed by atoms with van der Waals surface area (Å²) in [5.41, 5.74) is 2.52. The van der Waals surface area contributed by atoms with Gasteiger partial charge < -0.3 is 25.1 Å². The van der Waals surface area contributed by atoms with Crippen LogP contribution in [0.15, 0.2) is 99.3 Å². The number of methoxy groups -OCH3 is 1. The molecule has 1 aliphatic heterocycles. The molecular formula is C27H24N4O4S. The molecule has 3 N–H and O–H groups in total. The number of amides is 2. The van der Waals surface area contributed by atoms with Crippen molar-refractivity contribution in [3.05, 3.63) is 101 Å². The molecule has 0 fully saturated rings. The zero-order valence-electron chi connectivity index (χ0n) is 19.7. The van der Waals surface area contributed by atoms with Crippen molar-refractivity contribution in [1.82, 2.24) is 5.32 Å². The number of benzene rings is 2. The van der Waals surface area contributed by atoms with E-state index in [4.69, 9.17) is 9.15 Å². The number of rotatable bonds is 8. The van der Waals surface area contributed by atoms with Crippen molar-refractivity contribution in [2.45, 2.75) is 12.8 Å². The summed E-state index contributed by atoms with van der Waals surface area (Å²) >= 11 is 1.19. The standard InChI is InChI=1S/C27H24N4O4S/c1-17-24(26(33)31-18-7-4-3-5-8-18)25(22-9-6-14-35-22)21(15-28)27(29-17)36-16-23(32)30-19-10-12-20(34-2)13-11-19/h3-14,25,29H,16H2,1-2H3,(H,30,32)(H,31,33)/t25-/m1/s1. The van der Waals surface area contributed by atoms with Crippen LogP contribution < -0.4 is 20.7 Å². The number of hydrogen-bond acceptors (Lipinski definition) is 7. The van der Waals surface area contributed by atoms with Gasteiger partial charge in [-0.1, -0.05) is 30.0 Å². The SMILES string of the molecule is COc1ccc(NC(=O)CSC2=C(C#N)[C@H](c3ccco3)C(C(=O)Nc3ccccc3)=C(C)N2)cc1. The number of nitrogens with zero attached hydrogens (tertiary/aromatic N) is 1. The second kappa shape index (κ2) is 11.3. The number of para-hydroxylation sites is 1. The number of furan rings is 1. The van der Waals surface area contributed by atoms with E-state index in [9.17, 15) is 14.9 Å². The van der Waals surface area contributed by atoms with Gasteiger partial charge >= 0.3 is 0 Å². The molecule has 2 aromatic carbocycles. The summed E-state index contributed by atoms with van der Waals surface area (Å²) in [6.07, 6.45) is 1.50. The van der Waals surface area contributed by atoms with Crippen LogP contribution in [0.4, 0.5) is 11.4 Å². The van der Waals surface area contributed by atoms with Gasteiger partial charge in [0, 0.05) is 17.1 Å². The average molecular weight is 501 g/mol. The predicted octanol–water partition coefficient (Wildman–Crippen LogP) is 4.99. The maximum Gasteiger partial charge on any atom is 0.254 e. The zero-order chi connectivity index (χ0) is 25.5. The number of nitriles is 1. The molecule has 182 valence electrons. The van der Waals surface area contributed by atoms with Crippen LogP contribution in [0.25, 0.3) is 0 Å². The van der Waals surface area contributed by atoms with E-state index in [0.717, 1.165) is 0 Å². The van der Waals surface area contributed by atoms with Gasteiger partial charge in [-0.15, -0.1) is 0 Å². The Bertz CT molecular complexity index is 1340. The molecule has 4 rings (SSSR count). The summed E-state index contributed by atoms with van der Waals surface area (Å²) in [6.45, 7) is 1.77. The molecule has 0 unspecified atom stereocenters. The quantitative estimate of drug-likeness (QED) is 0.399. The van der Waals surface area contributed by atoms with Gasteiger partial charge in [-0.2, -0.15) is 5.26 Å². The third-order valence-electron chi connectivity index (χ3n) is 5.47. The molecule has 3 aromatic rings. The molecule has 2 heterocycles. The van der Waals surface area contributed by atoms with Crippen LogP contribution >= 0.6 is 11.8 Å². The minimum Gasteiger partial charge on any atom is -0.497 e. The van der Waals surface area contributed by atoms with E-state index in [1.807, 2.05) is 18.2 Å². The van der Waals surface area contributed by atoms with Crippen molar-refractivity contribution in [1.29, 1.82) is 5.26 Å². The Balaban J connectivity index is 1.55. The third kappa shape index (κ3) is 5.62. The maximum absolute atomic E-state index is 13.3. The van der Waals surface area contributed by atoms with Gasteiger partial charge in [0.25, 0.3) is 5.91 Å². The van der Waals surface area contributed by atoms with Gasteiger partial charge in [0.15, 0.2) is 0 Å². The normalized spacial score (nSPS) is 15.1. The highest BCUT2D eigenvalue weighted by Crippen LogP contribution is 2.41. The second-order valence-corrected chi connectivity index (χ2v) is 8.84. The molecule has 0 radical (unpaired) electrons. The minimum atomic E-state index is -0.720. The summed E-state index contributed by atoms with van der Waals surface area (Å²) in [4.78, 5) is 25.9. The molecule has 1 atom stereocenters. The Morgan fingerprint density at radius 1 is 1.06 bits per heavy atom. The Morgan fingerprint density at radius 2 is 1.78 bits per heavy atom. The highest BCUT2D eigenvalue weighted by Gasteiger charge is 2.36. The van der Waals surface area contributed by atoms with E-state index in [2.05, 4.69) is 22.0 Å². The van der Waals surface area contributed by atoms with Crippen molar-refractivity contribution in [2.75, 3.05) is 23.5 Å². The first-order valence-electron chi connectivity index (χ1n) is 11.1. The number of thioether (sulfide) groups is 1. The summed E-state index contributed by atoms with van der Waals surface area (Å²) < 4.78 is 10.8. The monoisotopic (exact) mass is 500 g/mol. The summed E-state index contributed by atoms with van der Waals surface area (Å²) in [5.74, 6) is -0.0879. The fourth-order valence-electron chi connectivity index (χ4n) is 3.80. The molecular weight excluding hydrogens is 476 g/mol. The zero-order valence-corrected chi connectivity index (χ0v) is 20.5. The highest BCUT2D eigenvalue weighted by atomic mass is 32.2. The van der Waals surface area contributed by atoms with Gasteiger partial charge in [-0.25, -0.2) is 0 Å². The average Bonchev–Trinajstić information content (AvgIpc) is 3.42. The number of dihydropyridines is 1. The lowest BCUT2D eigenvalue weighted by molar-refractivity contribution is -0.114. The lowest BCUT2D eigenvalue weighted by atomic mass is 9.85. The Labute approximate surface area is 213 Å². The smallest absolute Gasteiger partial charge is 0.254 e.